The van der Waals surface area contributed by atoms with Crippen molar-refractivity contribution in [3.05, 3.63) is 22.4 Å². The lowest BCUT2D eigenvalue weighted by atomic mass is 9.86. The van der Waals surface area contributed by atoms with Gasteiger partial charge in [-0.2, -0.15) is 11.3 Å². The Bertz CT molecular complexity index is 367. The Morgan fingerprint density at radius 2 is 2.21 bits per heavy atom. The van der Waals surface area contributed by atoms with Crippen molar-refractivity contribution in [3.63, 3.8) is 0 Å². The van der Waals surface area contributed by atoms with Gasteiger partial charge < -0.3 is 5.32 Å². The summed E-state index contributed by atoms with van der Waals surface area (Å²) in [6.07, 6.45) is 2.45. The Morgan fingerprint density at radius 1 is 1.42 bits per heavy atom. The number of nitrogens with one attached hydrogen (secondary N) is 1. The monoisotopic (exact) mass is 280 g/mol. The van der Waals surface area contributed by atoms with E-state index in [1.54, 1.807) is 11.3 Å². The van der Waals surface area contributed by atoms with Gasteiger partial charge in [0.15, 0.2) is 0 Å². The van der Waals surface area contributed by atoms with Crippen LogP contribution in [0.5, 0.6) is 0 Å². The standard InChI is InChI=1S/C16H28N2S/c1-13-5-8-17-15(16(2,3)4)11-18(13)9-6-14-7-10-19-12-14/h7,10,12-13,15,17H,5-6,8-9,11H2,1-4H3. The Morgan fingerprint density at radius 3 is 2.84 bits per heavy atom. The smallest absolute Gasteiger partial charge is 0.0243 e. The molecule has 2 heterocycles. The molecule has 1 aromatic rings. The van der Waals surface area contributed by atoms with Gasteiger partial charge in [-0.3, -0.25) is 4.90 Å². The predicted molar refractivity (Wildman–Crippen MR) is 84.9 cm³/mol. The van der Waals surface area contributed by atoms with Crippen molar-refractivity contribution >= 4 is 11.3 Å². The predicted octanol–water partition coefficient (Wildman–Crippen LogP) is 3.39. The Hall–Kier alpha value is -0.380. The van der Waals surface area contributed by atoms with E-state index in [1.165, 1.54) is 31.5 Å². The molecule has 19 heavy (non-hydrogen) atoms. The lowest BCUT2D eigenvalue weighted by molar-refractivity contribution is 0.165. The van der Waals surface area contributed by atoms with E-state index in [2.05, 4.69) is 54.7 Å². The summed E-state index contributed by atoms with van der Waals surface area (Å²) in [4.78, 5) is 2.67. The van der Waals surface area contributed by atoms with Crippen LogP contribution in [-0.4, -0.2) is 36.6 Å². The quantitative estimate of drug-likeness (QED) is 0.913. The first kappa shape index (κ1) is 15.0. The van der Waals surface area contributed by atoms with Crippen LogP contribution in [0.15, 0.2) is 16.8 Å². The van der Waals surface area contributed by atoms with Crippen molar-refractivity contribution in [2.24, 2.45) is 5.41 Å². The summed E-state index contributed by atoms with van der Waals surface area (Å²) < 4.78 is 0. The maximum absolute atomic E-state index is 3.74. The molecule has 0 saturated carbocycles. The molecule has 2 unspecified atom stereocenters. The van der Waals surface area contributed by atoms with Gasteiger partial charge in [-0.15, -0.1) is 0 Å². The van der Waals surface area contributed by atoms with E-state index < -0.39 is 0 Å². The van der Waals surface area contributed by atoms with E-state index in [-0.39, 0.29) is 0 Å². The summed E-state index contributed by atoms with van der Waals surface area (Å²) in [6, 6.07) is 3.55. The molecular formula is C16H28N2S. The second-order valence-electron chi connectivity index (χ2n) is 6.89. The second-order valence-corrected chi connectivity index (χ2v) is 7.67. The third kappa shape index (κ3) is 4.30. The van der Waals surface area contributed by atoms with Crippen LogP contribution >= 0.6 is 11.3 Å². The Balaban J connectivity index is 1.95. The van der Waals surface area contributed by atoms with Gasteiger partial charge >= 0.3 is 0 Å². The van der Waals surface area contributed by atoms with Crippen molar-refractivity contribution in [2.75, 3.05) is 19.6 Å². The molecule has 2 atom stereocenters. The fourth-order valence-electron chi connectivity index (χ4n) is 2.73. The van der Waals surface area contributed by atoms with Crippen molar-refractivity contribution in [3.8, 4) is 0 Å². The summed E-state index contributed by atoms with van der Waals surface area (Å²) in [5, 5.41) is 8.20. The summed E-state index contributed by atoms with van der Waals surface area (Å²) in [7, 11) is 0. The van der Waals surface area contributed by atoms with Crippen molar-refractivity contribution in [2.45, 2.75) is 52.6 Å². The van der Waals surface area contributed by atoms with E-state index in [0.717, 1.165) is 6.54 Å². The van der Waals surface area contributed by atoms with E-state index in [0.29, 0.717) is 17.5 Å². The van der Waals surface area contributed by atoms with Gasteiger partial charge in [-0.05, 0) is 54.1 Å². The molecule has 2 rings (SSSR count). The molecule has 108 valence electrons. The molecule has 0 radical (unpaired) electrons. The topological polar surface area (TPSA) is 15.3 Å². The summed E-state index contributed by atoms with van der Waals surface area (Å²) >= 11 is 1.81. The van der Waals surface area contributed by atoms with Gasteiger partial charge in [-0.1, -0.05) is 20.8 Å². The third-order valence-electron chi connectivity index (χ3n) is 4.31. The van der Waals surface area contributed by atoms with E-state index in [9.17, 15) is 0 Å². The molecule has 1 saturated heterocycles. The normalized spacial score (nSPS) is 26.3. The van der Waals surface area contributed by atoms with Gasteiger partial charge in [0.25, 0.3) is 0 Å². The number of hydrogen-bond donors (Lipinski definition) is 1. The van der Waals surface area contributed by atoms with Crippen LogP contribution in [0.1, 0.15) is 39.7 Å². The SMILES string of the molecule is CC1CCNC(C(C)(C)C)CN1CCc1ccsc1. The maximum Gasteiger partial charge on any atom is 0.0243 e. The van der Waals surface area contributed by atoms with Crippen LogP contribution in [0.2, 0.25) is 0 Å². The molecule has 1 aliphatic rings. The Kier molecular flexibility index (Phi) is 5.04. The van der Waals surface area contributed by atoms with Gasteiger partial charge in [0.05, 0.1) is 0 Å². The summed E-state index contributed by atoms with van der Waals surface area (Å²) in [6.45, 7) is 12.9. The van der Waals surface area contributed by atoms with Crippen molar-refractivity contribution in [1.82, 2.24) is 10.2 Å². The highest BCUT2D eigenvalue weighted by Gasteiger charge is 2.30. The number of rotatable bonds is 3. The fraction of sp³-hybridized carbons (Fsp3) is 0.750. The highest BCUT2D eigenvalue weighted by atomic mass is 32.1. The maximum atomic E-state index is 3.74. The lowest BCUT2D eigenvalue weighted by Gasteiger charge is -2.35. The van der Waals surface area contributed by atoms with Gasteiger partial charge in [-0.25, -0.2) is 0 Å². The molecule has 1 fully saturated rings. The first-order valence-corrected chi connectivity index (χ1v) is 8.39. The zero-order chi connectivity index (χ0) is 13.9. The first-order chi connectivity index (χ1) is 8.97. The Labute approximate surface area is 122 Å². The summed E-state index contributed by atoms with van der Waals surface area (Å²) in [5.41, 5.74) is 1.83. The fourth-order valence-corrected chi connectivity index (χ4v) is 3.43. The molecule has 3 heteroatoms. The van der Waals surface area contributed by atoms with Crippen LogP contribution in [0.25, 0.3) is 0 Å². The molecule has 1 aromatic heterocycles. The van der Waals surface area contributed by atoms with E-state index >= 15 is 0 Å². The second kappa shape index (κ2) is 6.38. The van der Waals surface area contributed by atoms with Crippen LogP contribution in [0.4, 0.5) is 0 Å². The molecule has 0 amide bonds. The van der Waals surface area contributed by atoms with Gasteiger partial charge in [0.2, 0.25) is 0 Å². The minimum Gasteiger partial charge on any atom is -0.312 e. The number of hydrogen-bond acceptors (Lipinski definition) is 3. The minimum atomic E-state index is 0.338. The molecule has 0 aliphatic carbocycles. The van der Waals surface area contributed by atoms with Crippen LogP contribution in [0.3, 0.4) is 0 Å². The number of thiophene rings is 1. The molecule has 0 aromatic carbocycles. The van der Waals surface area contributed by atoms with Crippen LogP contribution in [-0.2, 0) is 6.42 Å². The van der Waals surface area contributed by atoms with Crippen molar-refractivity contribution < 1.29 is 0 Å². The molecule has 0 bridgehead atoms. The molecular weight excluding hydrogens is 252 g/mol. The zero-order valence-corrected chi connectivity index (χ0v) is 13.6. The largest absolute Gasteiger partial charge is 0.312 e. The first-order valence-electron chi connectivity index (χ1n) is 7.45. The lowest BCUT2D eigenvalue weighted by Crippen LogP contribution is -2.47. The van der Waals surface area contributed by atoms with Crippen molar-refractivity contribution in [1.29, 1.82) is 0 Å². The highest BCUT2D eigenvalue weighted by molar-refractivity contribution is 7.07. The van der Waals surface area contributed by atoms with Crippen LogP contribution < -0.4 is 5.32 Å². The molecule has 0 spiro atoms. The zero-order valence-electron chi connectivity index (χ0n) is 12.8. The molecule has 1 aliphatic heterocycles. The average Bonchev–Trinajstić information content (AvgIpc) is 2.76. The summed E-state index contributed by atoms with van der Waals surface area (Å²) in [5.74, 6) is 0. The minimum absolute atomic E-state index is 0.338. The molecule has 2 nitrogen and oxygen atoms in total. The average molecular weight is 280 g/mol. The van der Waals surface area contributed by atoms with Gasteiger partial charge in [0, 0.05) is 25.2 Å². The number of nitrogens with zero attached hydrogens (tertiary/aromatic N) is 1. The van der Waals surface area contributed by atoms with E-state index in [1.807, 2.05) is 0 Å². The van der Waals surface area contributed by atoms with E-state index in [4.69, 9.17) is 0 Å². The third-order valence-corrected chi connectivity index (χ3v) is 5.04. The highest BCUT2D eigenvalue weighted by Crippen LogP contribution is 2.23. The molecule has 1 N–H and O–H groups in total. The van der Waals surface area contributed by atoms with Gasteiger partial charge in [0.1, 0.15) is 0 Å². The van der Waals surface area contributed by atoms with Crippen LogP contribution in [0, 0.1) is 5.41 Å².